The molecule has 5 rings (SSSR count). The Morgan fingerprint density at radius 1 is 1.23 bits per heavy atom. The summed E-state index contributed by atoms with van der Waals surface area (Å²) in [5.41, 5.74) is -0.930. The number of hydrogen-bond acceptors (Lipinski definition) is 8. The van der Waals surface area contributed by atoms with Gasteiger partial charge in [0.2, 0.25) is 11.8 Å². The number of halogens is 1. The fourth-order valence-corrected chi connectivity index (χ4v) is 6.00. The number of pyridine rings is 1. The number of carbonyl (C=O) groups excluding carboxylic acids is 3. The van der Waals surface area contributed by atoms with Crippen molar-refractivity contribution >= 4 is 35.1 Å². The van der Waals surface area contributed by atoms with Crippen LogP contribution < -0.4 is 15.0 Å². The number of nitrogens with one attached hydrogen (secondary N) is 1. The van der Waals surface area contributed by atoms with E-state index in [9.17, 15) is 24.6 Å². The first kappa shape index (κ1) is 26.6. The number of likely N-dealkylation sites (N-methyl/N-ethyl adjacent to an activating group) is 1. The Labute approximate surface area is 230 Å². The summed E-state index contributed by atoms with van der Waals surface area (Å²) in [4.78, 5) is 49.3. The molecule has 1 aromatic carbocycles. The minimum atomic E-state index is -1.03. The van der Waals surface area contributed by atoms with E-state index >= 15 is 0 Å². The summed E-state index contributed by atoms with van der Waals surface area (Å²) in [6.45, 7) is 6.63. The van der Waals surface area contributed by atoms with Crippen LogP contribution in [0.2, 0.25) is 5.02 Å². The fraction of sp³-hybridized carbons (Fsp3) is 0.407. The molecule has 11 nitrogen and oxygen atoms in total. The van der Waals surface area contributed by atoms with Crippen molar-refractivity contribution in [3.63, 3.8) is 0 Å². The Morgan fingerprint density at radius 2 is 1.95 bits per heavy atom. The lowest BCUT2D eigenvalue weighted by Gasteiger charge is -2.40. The molecule has 39 heavy (non-hydrogen) atoms. The maximum absolute atomic E-state index is 14.2. The molecular formula is C27H30ClN5O6. The molecule has 2 fully saturated rings. The highest BCUT2D eigenvalue weighted by molar-refractivity contribution is 6.35. The van der Waals surface area contributed by atoms with E-state index in [1.165, 1.54) is 24.3 Å². The van der Waals surface area contributed by atoms with Crippen LogP contribution in [0, 0.1) is 0 Å². The molecule has 3 aliphatic rings. The standard InChI is InChI=1S/C27H30ClN5O6/c1-4-18(36)31-11-12-32-15(13-31)14-39-23-20(25(32)37)24(33-10-6-9-27(33,2)26(38)29-3)30-22(21(23)28)19-16(34)7-5-8-17(19)35/h4-5,7-8,15,34-35H,1,6,9-14H2,2-3H3,(H,29,38)/t15-,27+/m1/s1. The van der Waals surface area contributed by atoms with Crippen molar-refractivity contribution in [1.82, 2.24) is 20.1 Å². The third-order valence-electron chi connectivity index (χ3n) is 7.81. The molecule has 0 aliphatic carbocycles. The van der Waals surface area contributed by atoms with Crippen LogP contribution in [0.3, 0.4) is 0 Å². The van der Waals surface area contributed by atoms with Crippen LogP contribution in [0.5, 0.6) is 17.2 Å². The van der Waals surface area contributed by atoms with E-state index in [-0.39, 0.29) is 82.3 Å². The topological polar surface area (TPSA) is 136 Å². The Bertz CT molecular complexity index is 1360. The van der Waals surface area contributed by atoms with Gasteiger partial charge in [0.1, 0.15) is 45.7 Å². The summed E-state index contributed by atoms with van der Waals surface area (Å²) in [5.74, 6) is -1.17. The largest absolute Gasteiger partial charge is 0.507 e. The van der Waals surface area contributed by atoms with Crippen LogP contribution in [-0.2, 0) is 9.59 Å². The van der Waals surface area contributed by atoms with Gasteiger partial charge in [-0.25, -0.2) is 4.98 Å². The van der Waals surface area contributed by atoms with Gasteiger partial charge in [-0.1, -0.05) is 24.2 Å². The number of ether oxygens (including phenoxy) is 1. The highest BCUT2D eigenvalue weighted by Gasteiger charge is 2.48. The lowest BCUT2D eigenvalue weighted by Crippen LogP contribution is -2.57. The summed E-state index contributed by atoms with van der Waals surface area (Å²) >= 11 is 6.83. The Kier molecular flexibility index (Phi) is 6.79. The molecule has 1 aromatic heterocycles. The number of aromatic nitrogens is 1. The fourth-order valence-electron chi connectivity index (χ4n) is 5.72. The van der Waals surface area contributed by atoms with E-state index in [4.69, 9.17) is 21.3 Å². The van der Waals surface area contributed by atoms with Crippen LogP contribution in [0.4, 0.5) is 5.82 Å². The van der Waals surface area contributed by atoms with Gasteiger partial charge in [0.05, 0.1) is 11.6 Å². The molecule has 2 saturated heterocycles. The van der Waals surface area contributed by atoms with Crippen molar-refractivity contribution in [3.05, 3.63) is 41.4 Å². The molecular weight excluding hydrogens is 526 g/mol. The van der Waals surface area contributed by atoms with Crippen molar-refractivity contribution in [2.45, 2.75) is 31.3 Å². The van der Waals surface area contributed by atoms with Gasteiger partial charge in [0.25, 0.3) is 5.91 Å². The van der Waals surface area contributed by atoms with Gasteiger partial charge in [-0.15, -0.1) is 0 Å². The van der Waals surface area contributed by atoms with Crippen molar-refractivity contribution < 1.29 is 29.3 Å². The molecule has 3 N–H and O–H groups in total. The third kappa shape index (κ3) is 4.21. The second-order valence-electron chi connectivity index (χ2n) is 10.0. The van der Waals surface area contributed by atoms with Crippen LogP contribution in [0.25, 0.3) is 11.3 Å². The van der Waals surface area contributed by atoms with Crippen molar-refractivity contribution in [2.24, 2.45) is 0 Å². The number of amides is 3. The number of carbonyl (C=O) groups is 3. The predicted octanol–water partition coefficient (Wildman–Crippen LogP) is 2.15. The number of fused-ring (bicyclic) bond motifs is 2. The van der Waals surface area contributed by atoms with Gasteiger partial charge >= 0.3 is 0 Å². The molecule has 2 aromatic rings. The van der Waals surface area contributed by atoms with E-state index in [0.717, 1.165) is 0 Å². The van der Waals surface area contributed by atoms with Crippen LogP contribution >= 0.6 is 11.6 Å². The van der Waals surface area contributed by atoms with Gasteiger partial charge < -0.3 is 35.0 Å². The third-order valence-corrected chi connectivity index (χ3v) is 8.16. The maximum atomic E-state index is 14.2. The quantitative estimate of drug-likeness (QED) is 0.488. The summed E-state index contributed by atoms with van der Waals surface area (Å²) < 4.78 is 6.19. The van der Waals surface area contributed by atoms with Gasteiger partial charge in [0.15, 0.2) is 5.75 Å². The average molecular weight is 556 g/mol. The summed E-state index contributed by atoms with van der Waals surface area (Å²) in [6.07, 6.45) is 2.42. The minimum Gasteiger partial charge on any atom is -0.507 e. The number of piperazine rings is 1. The molecule has 0 unspecified atom stereocenters. The van der Waals surface area contributed by atoms with Gasteiger partial charge in [-0.3, -0.25) is 14.4 Å². The second kappa shape index (κ2) is 9.96. The zero-order chi connectivity index (χ0) is 28.1. The lowest BCUT2D eigenvalue weighted by atomic mass is 9.96. The first-order valence-corrected chi connectivity index (χ1v) is 13.1. The van der Waals surface area contributed by atoms with Crippen LogP contribution in [-0.4, -0.2) is 94.1 Å². The molecule has 0 radical (unpaired) electrons. The molecule has 4 heterocycles. The summed E-state index contributed by atoms with van der Waals surface area (Å²) in [7, 11) is 1.55. The first-order chi connectivity index (χ1) is 18.6. The number of anilines is 1. The highest BCUT2D eigenvalue weighted by Crippen LogP contribution is 2.49. The number of rotatable bonds is 4. The highest BCUT2D eigenvalue weighted by atomic mass is 35.5. The Hall–Kier alpha value is -3.99. The van der Waals surface area contributed by atoms with Crippen LogP contribution in [0.1, 0.15) is 30.1 Å². The number of benzene rings is 1. The number of phenolic OH excluding ortho intramolecular Hbond substituents is 2. The molecule has 12 heteroatoms. The van der Waals surface area contributed by atoms with Crippen LogP contribution in [0.15, 0.2) is 30.9 Å². The van der Waals surface area contributed by atoms with Crippen molar-refractivity contribution in [2.75, 3.05) is 44.7 Å². The van der Waals surface area contributed by atoms with Gasteiger partial charge in [-0.05, 0) is 38.0 Å². The molecule has 3 amide bonds. The van der Waals surface area contributed by atoms with E-state index in [1.807, 2.05) is 0 Å². The Balaban J connectivity index is 1.72. The Morgan fingerprint density at radius 3 is 2.62 bits per heavy atom. The van der Waals surface area contributed by atoms with Gasteiger partial charge in [0, 0.05) is 33.2 Å². The molecule has 0 bridgehead atoms. The van der Waals surface area contributed by atoms with Crippen molar-refractivity contribution in [3.8, 4) is 28.5 Å². The number of nitrogens with zero attached hydrogens (tertiary/aromatic N) is 4. The summed E-state index contributed by atoms with van der Waals surface area (Å²) in [6, 6.07) is 3.79. The molecule has 206 valence electrons. The first-order valence-electron chi connectivity index (χ1n) is 12.7. The zero-order valence-corrected chi connectivity index (χ0v) is 22.5. The number of phenols is 2. The molecule has 0 spiro atoms. The van der Waals surface area contributed by atoms with E-state index in [2.05, 4.69) is 11.9 Å². The second-order valence-corrected chi connectivity index (χ2v) is 10.4. The lowest BCUT2D eigenvalue weighted by molar-refractivity contribution is -0.128. The minimum absolute atomic E-state index is 0.0170. The normalized spacial score (nSPS) is 22.5. The summed E-state index contributed by atoms with van der Waals surface area (Å²) in [5, 5.41) is 23.9. The zero-order valence-electron chi connectivity index (χ0n) is 21.7. The predicted molar refractivity (Wildman–Crippen MR) is 144 cm³/mol. The monoisotopic (exact) mass is 555 g/mol. The molecule has 2 atom stereocenters. The van der Waals surface area contributed by atoms with Crippen molar-refractivity contribution in [1.29, 1.82) is 0 Å². The number of aromatic hydroxyl groups is 2. The van der Waals surface area contributed by atoms with E-state index < -0.39 is 11.6 Å². The van der Waals surface area contributed by atoms with E-state index in [0.29, 0.717) is 25.9 Å². The molecule has 0 saturated carbocycles. The molecule has 3 aliphatic heterocycles. The average Bonchev–Trinajstić information content (AvgIpc) is 3.26. The SMILES string of the molecule is C=CC(=O)N1CCN2C(=O)c3c(N4CCC[C@@]4(C)C(=O)NC)nc(-c4c(O)cccc4O)c(Cl)c3OC[C@H]2C1. The number of hydrogen-bond donors (Lipinski definition) is 3. The van der Waals surface area contributed by atoms with Gasteiger partial charge in [-0.2, -0.15) is 0 Å². The maximum Gasteiger partial charge on any atom is 0.261 e. The smallest absolute Gasteiger partial charge is 0.261 e. The van der Waals surface area contributed by atoms with E-state index in [1.54, 1.807) is 28.7 Å².